The molecule has 1 N–H and O–H groups in total. The lowest BCUT2D eigenvalue weighted by atomic mass is 10.2. The zero-order chi connectivity index (χ0) is 20.5. The molecule has 0 saturated heterocycles. The molecule has 0 saturated carbocycles. The van der Waals surface area contributed by atoms with Gasteiger partial charge in [0.05, 0.1) is 38.8 Å². The topological polar surface area (TPSA) is 65.4 Å². The van der Waals surface area contributed by atoms with Crippen molar-refractivity contribution in [3.05, 3.63) is 82.6 Å². The van der Waals surface area contributed by atoms with Crippen LogP contribution in [0.3, 0.4) is 0 Å². The first-order chi connectivity index (χ1) is 14.1. The Kier molecular flexibility index (Phi) is 7.61. The van der Waals surface area contributed by atoms with Crippen molar-refractivity contribution in [3.63, 3.8) is 0 Å². The third-order valence-corrected chi connectivity index (χ3v) is 4.58. The lowest BCUT2D eigenvalue weighted by molar-refractivity contribution is -0.111. The van der Waals surface area contributed by atoms with E-state index in [4.69, 9.17) is 9.47 Å². The molecular weight excluding hydrogens is 434 g/mol. The zero-order valence-corrected chi connectivity index (χ0v) is 17.6. The Bertz CT molecular complexity index is 970. The van der Waals surface area contributed by atoms with Gasteiger partial charge in [0.2, 0.25) is 5.91 Å². The summed E-state index contributed by atoms with van der Waals surface area (Å²) in [5.41, 5.74) is 2.57. The maximum atomic E-state index is 12.2. The summed E-state index contributed by atoms with van der Waals surface area (Å²) in [4.78, 5) is 12.2. The fourth-order valence-corrected chi connectivity index (χ4v) is 3.04. The van der Waals surface area contributed by atoms with Gasteiger partial charge in [0.1, 0.15) is 5.75 Å². The summed E-state index contributed by atoms with van der Waals surface area (Å²) in [6.45, 7) is 1.70. The van der Waals surface area contributed by atoms with Crippen molar-refractivity contribution < 1.29 is 14.3 Å². The van der Waals surface area contributed by atoms with Crippen LogP contribution in [-0.4, -0.2) is 29.4 Å². The highest BCUT2D eigenvalue weighted by Gasteiger charge is 2.04. The number of ether oxygens (including phenoxy) is 2. The van der Waals surface area contributed by atoms with Gasteiger partial charge >= 0.3 is 0 Å². The van der Waals surface area contributed by atoms with Gasteiger partial charge in [0, 0.05) is 22.3 Å². The minimum atomic E-state index is -0.244. The van der Waals surface area contributed by atoms with Crippen LogP contribution in [-0.2, 0) is 22.7 Å². The molecule has 0 atom stereocenters. The molecule has 7 heteroatoms. The number of hydrogen-bond acceptors (Lipinski definition) is 4. The van der Waals surface area contributed by atoms with Crippen LogP contribution >= 0.6 is 15.9 Å². The van der Waals surface area contributed by atoms with E-state index in [0.29, 0.717) is 31.2 Å². The van der Waals surface area contributed by atoms with Crippen LogP contribution in [0.5, 0.6) is 5.75 Å². The molecule has 0 aliphatic heterocycles. The van der Waals surface area contributed by atoms with Gasteiger partial charge in [-0.1, -0.05) is 46.3 Å². The molecule has 0 aliphatic carbocycles. The number of nitrogens with zero attached hydrogens (tertiary/aromatic N) is 2. The average Bonchev–Trinajstić information content (AvgIpc) is 3.17. The molecule has 6 nitrogen and oxygen atoms in total. The maximum Gasteiger partial charge on any atom is 0.248 e. The van der Waals surface area contributed by atoms with Crippen LogP contribution in [0.25, 0.3) is 6.08 Å². The first-order valence-electron chi connectivity index (χ1n) is 9.11. The number of nitrogens with one attached hydrogen (secondary N) is 1. The van der Waals surface area contributed by atoms with Gasteiger partial charge in [-0.2, -0.15) is 5.10 Å². The molecule has 0 fully saturated rings. The van der Waals surface area contributed by atoms with E-state index in [2.05, 4.69) is 26.3 Å². The minimum Gasteiger partial charge on any atom is -0.496 e. The molecule has 0 aliphatic rings. The largest absolute Gasteiger partial charge is 0.496 e. The molecule has 3 aromatic rings. The van der Waals surface area contributed by atoms with E-state index in [1.807, 2.05) is 48.5 Å². The predicted molar refractivity (Wildman–Crippen MR) is 117 cm³/mol. The molecule has 0 spiro atoms. The monoisotopic (exact) mass is 455 g/mol. The Balaban J connectivity index is 1.47. The Morgan fingerprint density at radius 2 is 2.07 bits per heavy atom. The molecule has 0 unspecified atom stereocenters. The van der Waals surface area contributed by atoms with Crippen molar-refractivity contribution in [1.82, 2.24) is 9.78 Å². The van der Waals surface area contributed by atoms with Crippen LogP contribution in [0.4, 0.5) is 5.69 Å². The number of methoxy groups -OCH3 is 1. The Labute approximate surface area is 178 Å². The van der Waals surface area contributed by atoms with Crippen molar-refractivity contribution in [2.24, 2.45) is 0 Å². The van der Waals surface area contributed by atoms with Gasteiger partial charge in [-0.05, 0) is 29.8 Å². The van der Waals surface area contributed by atoms with Crippen molar-refractivity contribution in [2.45, 2.75) is 13.2 Å². The SMILES string of the molecule is COc1ccc(Br)cc1C=CC(=O)Nc1cnn(CCOCc2ccccc2)c1. The maximum absolute atomic E-state index is 12.2. The van der Waals surface area contributed by atoms with E-state index in [1.54, 1.807) is 30.3 Å². The number of hydrogen-bond donors (Lipinski definition) is 1. The van der Waals surface area contributed by atoms with Gasteiger partial charge in [-0.25, -0.2) is 0 Å². The van der Waals surface area contributed by atoms with E-state index >= 15 is 0 Å². The van der Waals surface area contributed by atoms with Crippen LogP contribution in [0.1, 0.15) is 11.1 Å². The predicted octanol–water partition coefficient (Wildman–Crippen LogP) is 4.52. The van der Waals surface area contributed by atoms with Crippen molar-refractivity contribution in [1.29, 1.82) is 0 Å². The number of carbonyl (C=O) groups excluding carboxylic acids is 1. The number of benzene rings is 2. The Hall–Kier alpha value is -2.90. The number of halogens is 1. The minimum absolute atomic E-state index is 0.244. The zero-order valence-electron chi connectivity index (χ0n) is 16.0. The summed E-state index contributed by atoms with van der Waals surface area (Å²) >= 11 is 3.42. The second kappa shape index (κ2) is 10.6. The van der Waals surface area contributed by atoms with Crippen molar-refractivity contribution in [3.8, 4) is 5.75 Å². The molecule has 2 aromatic carbocycles. The van der Waals surface area contributed by atoms with E-state index in [9.17, 15) is 4.79 Å². The molecular formula is C22H22BrN3O3. The van der Waals surface area contributed by atoms with Gasteiger partial charge in [0.25, 0.3) is 0 Å². The number of rotatable bonds is 9. The van der Waals surface area contributed by atoms with Gasteiger partial charge in [-0.15, -0.1) is 0 Å². The van der Waals surface area contributed by atoms with E-state index < -0.39 is 0 Å². The highest BCUT2D eigenvalue weighted by Crippen LogP contribution is 2.24. The second-order valence-corrected chi connectivity index (χ2v) is 7.15. The lowest BCUT2D eigenvalue weighted by Crippen LogP contribution is -2.08. The Morgan fingerprint density at radius 1 is 1.24 bits per heavy atom. The third kappa shape index (κ3) is 6.58. The van der Waals surface area contributed by atoms with E-state index in [1.165, 1.54) is 6.08 Å². The van der Waals surface area contributed by atoms with Crippen LogP contribution in [0.2, 0.25) is 0 Å². The quantitative estimate of drug-likeness (QED) is 0.380. The summed E-state index contributed by atoms with van der Waals surface area (Å²) < 4.78 is 13.6. The molecule has 1 amide bonds. The van der Waals surface area contributed by atoms with Crippen molar-refractivity contribution in [2.75, 3.05) is 19.0 Å². The van der Waals surface area contributed by atoms with Gasteiger partial charge < -0.3 is 14.8 Å². The standard InChI is InChI=1S/C22H22BrN3O3/c1-28-21-9-8-19(23)13-18(21)7-10-22(27)25-20-14-24-26(15-20)11-12-29-16-17-5-3-2-4-6-17/h2-10,13-15H,11-12,16H2,1H3,(H,25,27). The van der Waals surface area contributed by atoms with Crippen molar-refractivity contribution >= 4 is 33.6 Å². The van der Waals surface area contributed by atoms with Crippen LogP contribution in [0.15, 0.2) is 71.5 Å². The molecule has 0 bridgehead atoms. The molecule has 150 valence electrons. The molecule has 1 aromatic heterocycles. The molecule has 0 radical (unpaired) electrons. The number of anilines is 1. The fraction of sp³-hybridized carbons (Fsp3) is 0.182. The number of aromatic nitrogens is 2. The summed E-state index contributed by atoms with van der Waals surface area (Å²) in [5.74, 6) is 0.451. The molecule has 29 heavy (non-hydrogen) atoms. The first kappa shape index (κ1) is 20.8. The second-order valence-electron chi connectivity index (χ2n) is 6.24. The number of carbonyl (C=O) groups is 1. The first-order valence-corrected chi connectivity index (χ1v) is 9.90. The fourth-order valence-electron chi connectivity index (χ4n) is 2.66. The summed E-state index contributed by atoms with van der Waals surface area (Å²) in [6, 6.07) is 15.6. The Morgan fingerprint density at radius 3 is 2.86 bits per heavy atom. The van der Waals surface area contributed by atoms with Gasteiger partial charge in [-0.3, -0.25) is 9.48 Å². The van der Waals surface area contributed by atoms with Crippen LogP contribution < -0.4 is 10.1 Å². The summed E-state index contributed by atoms with van der Waals surface area (Å²) in [7, 11) is 1.60. The average molecular weight is 456 g/mol. The molecule has 1 heterocycles. The highest BCUT2D eigenvalue weighted by molar-refractivity contribution is 9.10. The highest BCUT2D eigenvalue weighted by atomic mass is 79.9. The van der Waals surface area contributed by atoms with Crippen LogP contribution in [0, 0.1) is 0 Å². The number of amides is 1. The van der Waals surface area contributed by atoms with E-state index in [0.717, 1.165) is 15.6 Å². The lowest BCUT2D eigenvalue weighted by Gasteiger charge is -2.05. The normalized spacial score (nSPS) is 11.0. The summed E-state index contributed by atoms with van der Waals surface area (Å²) in [5, 5.41) is 7.04. The summed E-state index contributed by atoms with van der Waals surface area (Å²) in [6.07, 6.45) is 6.56. The molecule has 3 rings (SSSR count). The smallest absolute Gasteiger partial charge is 0.248 e. The third-order valence-electron chi connectivity index (χ3n) is 4.08. The van der Waals surface area contributed by atoms with E-state index in [-0.39, 0.29) is 5.91 Å². The van der Waals surface area contributed by atoms with Gasteiger partial charge in [0.15, 0.2) is 0 Å².